The van der Waals surface area contributed by atoms with Crippen LogP contribution in [0.5, 0.6) is 5.75 Å². The number of aliphatic hydroxyl groups is 1. The van der Waals surface area contributed by atoms with Gasteiger partial charge in [-0.25, -0.2) is 4.90 Å². The zero-order valence-corrected chi connectivity index (χ0v) is 18.3. The summed E-state index contributed by atoms with van der Waals surface area (Å²) in [6.45, 7) is 3.20. The van der Waals surface area contributed by atoms with Crippen molar-refractivity contribution >= 4 is 28.8 Å². The number of hydrogen-bond acceptors (Lipinski definition) is 7. The zero-order chi connectivity index (χ0) is 23.5. The molecule has 9 heteroatoms. The van der Waals surface area contributed by atoms with E-state index in [1.54, 1.807) is 24.3 Å². The second kappa shape index (κ2) is 9.41. The maximum atomic E-state index is 13.7. The van der Waals surface area contributed by atoms with E-state index in [0.29, 0.717) is 36.7 Å². The van der Waals surface area contributed by atoms with Gasteiger partial charge in [0.2, 0.25) is 0 Å². The highest BCUT2D eigenvalue weighted by molar-refractivity contribution is 6.45. The van der Waals surface area contributed by atoms with Gasteiger partial charge in [0, 0.05) is 31.8 Å². The monoisotopic (exact) mass is 451 g/mol. The molecule has 1 N–H and O–H groups in total. The predicted octanol–water partition coefficient (Wildman–Crippen LogP) is 2.98. The smallest absolute Gasteiger partial charge is 0.282 e. The zero-order valence-electron chi connectivity index (χ0n) is 18.3. The molecule has 2 aliphatic heterocycles. The molecule has 2 heterocycles. The number of non-ortho nitro benzene ring substituents is 1. The molecule has 33 heavy (non-hydrogen) atoms. The van der Waals surface area contributed by atoms with Crippen molar-refractivity contribution in [1.29, 1.82) is 0 Å². The van der Waals surface area contributed by atoms with Gasteiger partial charge < -0.3 is 14.7 Å². The van der Waals surface area contributed by atoms with Gasteiger partial charge in [0.25, 0.3) is 17.5 Å². The highest BCUT2D eigenvalue weighted by atomic mass is 16.6. The number of nitrogens with zero attached hydrogens (tertiary/aromatic N) is 3. The molecule has 2 aliphatic rings. The molecule has 0 bridgehead atoms. The van der Waals surface area contributed by atoms with Crippen molar-refractivity contribution in [3.63, 3.8) is 0 Å². The number of benzene rings is 2. The number of amides is 2. The fourth-order valence-corrected chi connectivity index (χ4v) is 4.38. The van der Waals surface area contributed by atoms with Crippen molar-refractivity contribution in [2.75, 3.05) is 31.2 Å². The highest BCUT2D eigenvalue weighted by Gasteiger charge is 2.44. The third kappa shape index (κ3) is 4.19. The third-order valence-electron chi connectivity index (χ3n) is 5.93. The molecule has 2 aromatic carbocycles. The Hall–Kier alpha value is -3.72. The molecular weight excluding hydrogens is 426 g/mol. The Labute approximate surface area is 191 Å². The first kappa shape index (κ1) is 22.5. The fraction of sp³-hybridized carbons (Fsp3) is 0.333. The molecule has 9 nitrogen and oxygen atoms in total. The number of para-hydroxylation sites is 2. The second-order valence-electron chi connectivity index (χ2n) is 8.01. The first-order valence-electron chi connectivity index (χ1n) is 10.9. The minimum Gasteiger partial charge on any atom is -0.492 e. The van der Waals surface area contributed by atoms with Gasteiger partial charge in [-0.3, -0.25) is 19.7 Å². The lowest BCUT2D eigenvalue weighted by Crippen LogP contribution is -2.40. The molecule has 2 aromatic rings. The van der Waals surface area contributed by atoms with E-state index in [1.807, 2.05) is 11.8 Å². The molecule has 0 spiro atoms. The Bertz CT molecular complexity index is 1110. The van der Waals surface area contributed by atoms with Crippen LogP contribution in [0.25, 0.3) is 5.57 Å². The Morgan fingerprint density at radius 2 is 1.85 bits per heavy atom. The predicted molar refractivity (Wildman–Crippen MR) is 122 cm³/mol. The van der Waals surface area contributed by atoms with Crippen LogP contribution < -0.4 is 9.64 Å². The van der Waals surface area contributed by atoms with Crippen LogP contribution in [0.4, 0.5) is 11.4 Å². The summed E-state index contributed by atoms with van der Waals surface area (Å²) in [5, 5.41) is 20.8. The Balaban J connectivity index is 1.82. The number of nitro groups is 1. The average Bonchev–Trinajstić information content (AvgIpc) is 3.09. The van der Waals surface area contributed by atoms with E-state index >= 15 is 0 Å². The van der Waals surface area contributed by atoms with Crippen molar-refractivity contribution in [2.45, 2.75) is 19.8 Å². The molecule has 0 radical (unpaired) electrons. The topological polar surface area (TPSA) is 113 Å². The Kier molecular flexibility index (Phi) is 6.41. The molecule has 0 aromatic heterocycles. The minimum atomic E-state index is -0.512. The number of carbonyl (C=O) groups excluding carboxylic acids is 2. The van der Waals surface area contributed by atoms with Gasteiger partial charge in [0.1, 0.15) is 11.4 Å². The number of carbonyl (C=O) groups is 2. The summed E-state index contributed by atoms with van der Waals surface area (Å²) in [4.78, 5) is 40.9. The van der Waals surface area contributed by atoms with Gasteiger partial charge >= 0.3 is 0 Å². The van der Waals surface area contributed by atoms with Crippen LogP contribution in [0.15, 0.2) is 54.2 Å². The molecule has 0 aliphatic carbocycles. The third-order valence-corrected chi connectivity index (χ3v) is 5.93. The number of imide groups is 1. The summed E-state index contributed by atoms with van der Waals surface area (Å²) >= 11 is 0. The molecule has 2 amide bonds. The van der Waals surface area contributed by atoms with E-state index in [1.165, 1.54) is 24.3 Å². The summed E-state index contributed by atoms with van der Waals surface area (Å²) in [5.41, 5.74) is 1.11. The summed E-state index contributed by atoms with van der Waals surface area (Å²) in [7, 11) is 0. The molecule has 1 atom stereocenters. The van der Waals surface area contributed by atoms with Crippen LogP contribution >= 0.6 is 0 Å². The standard InChI is InChI=1S/C24H25N3O6/c1-2-33-20-8-4-3-7-19(20)26-23(29)21(17-9-11-18(12-10-17)27(31)32)22(24(26)30)25-13-5-6-16(14-25)15-28/h3-4,7-12,16,28H,2,5-6,13-15H2,1H3. The van der Waals surface area contributed by atoms with E-state index in [4.69, 9.17) is 4.74 Å². The van der Waals surface area contributed by atoms with Crippen LogP contribution in [0.1, 0.15) is 25.3 Å². The van der Waals surface area contributed by atoms with E-state index in [-0.39, 0.29) is 29.5 Å². The number of hydrogen-bond donors (Lipinski definition) is 1. The minimum absolute atomic E-state index is 0.00276. The van der Waals surface area contributed by atoms with Crippen molar-refractivity contribution in [2.24, 2.45) is 5.92 Å². The normalized spacial score (nSPS) is 18.8. The summed E-state index contributed by atoms with van der Waals surface area (Å²) in [6, 6.07) is 12.5. The lowest BCUT2D eigenvalue weighted by molar-refractivity contribution is -0.384. The SMILES string of the molecule is CCOc1ccccc1N1C(=O)C(c2ccc([N+](=O)[O-])cc2)=C(N2CCCC(CO)C2)C1=O. The molecular formula is C24H25N3O6. The number of ether oxygens (including phenoxy) is 1. The van der Waals surface area contributed by atoms with Crippen molar-refractivity contribution < 1.29 is 24.4 Å². The summed E-state index contributed by atoms with van der Waals surface area (Å²) < 4.78 is 5.66. The summed E-state index contributed by atoms with van der Waals surface area (Å²) in [5.74, 6) is -0.573. The number of anilines is 1. The van der Waals surface area contributed by atoms with Gasteiger partial charge in [-0.1, -0.05) is 12.1 Å². The fourth-order valence-electron chi connectivity index (χ4n) is 4.38. The van der Waals surface area contributed by atoms with Gasteiger partial charge in [-0.05, 0) is 55.5 Å². The molecule has 1 fully saturated rings. The largest absolute Gasteiger partial charge is 0.492 e. The maximum absolute atomic E-state index is 13.7. The van der Waals surface area contributed by atoms with Gasteiger partial charge in [-0.15, -0.1) is 0 Å². The second-order valence-corrected chi connectivity index (χ2v) is 8.01. The van der Waals surface area contributed by atoms with E-state index in [2.05, 4.69) is 0 Å². The Morgan fingerprint density at radius 1 is 1.12 bits per heavy atom. The number of aliphatic hydroxyl groups excluding tert-OH is 1. The average molecular weight is 451 g/mol. The molecule has 1 saturated heterocycles. The molecule has 0 saturated carbocycles. The maximum Gasteiger partial charge on any atom is 0.282 e. The number of rotatable bonds is 7. The van der Waals surface area contributed by atoms with E-state index in [9.17, 15) is 24.8 Å². The van der Waals surface area contributed by atoms with Crippen LogP contribution in [0.2, 0.25) is 0 Å². The number of nitro benzene ring substituents is 1. The van der Waals surface area contributed by atoms with Crippen molar-refractivity contribution in [1.82, 2.24) is 4.90 Å². The first-order valence-corrected chi connectivity index (χ1v) is 10.9. The molecule has 1 unspecified atom stereocenters. The van der Waals surface area contributed by atoms with Crippen molar-refractivity contribution in [3.05, 3.63) is 69.9 Å². The van der Waals surface area contributed by atoms with Crippen LogP contribution in [-0.4, -0.2) is 53.0 Å². The van der Waals surface area contributed by atoms with Crippen LogP contribution in [0, 0.1) is 16.0 Å². The van der Waals surface area contributed by atoms with Crippen LogP contribution in [0.3, 0.4) is 0 Å². The van der Waals surface area contributed by atoms with Crippen LogP contribution in [-0.2, 0) is 9.59 Å². The summed E-state index contributed by atoms with van der Waals surface area (Å²) in [6.07, 6.45) is 1.62. The molecule has 4 rings (SSSR count). The lowest BCUT2D eigenvalue weighted by Gasteiger charge is -2.34. The number of likely N-dealkylation sites (tertiary alicyclic amines) is 1. The highest BCUT2D eigenvalue weighted by Crippen LogP contribution is 2.39. The van der Waals surface area contributed by atoms with Gasteiger partial charge in [-0.2, -0.15) is 0 Å². The first-order chi connectivity index (χ1) is 16.0. The van der Waals surface area contributed by atoms with E-state index in [0.717, 1.165) is 17.7 Å². The van der Waals surface area contributed by atoms with E-state index < -0.39 is 16.7 Å². The molecule has 172 valence electrons. The van der Waals surface area contributed by atoms with Gasteiger partial charge in [0.05, 0.1) is 22.8 Å². The van der Waals surface area contributed by atoms with Gasteiger partial charge in [0.15, 0.2) is 0 Å². The number of piperidine rings is 1. The lowest BCUT2D eigenvalue weighted by atomic mass is 9.97. The van der Waals surface area contributed by atoms with Crippen molar-refractivity contribution in [3.8, 4) is 5.75 Å². The Morgan fingerprint density at radius 3 is 2.52 bits per heavy atom. The quantitative estimate of drug-likeness (QED) is 0.391.